The molecule has 1 aliphatic carbocycles. The topological polar surface area (TPSA) is 114 Å². The average molecular weight is 374 g/mol. The lowest BCUT2D eigenvalue weighted by molar-refractivity contribution is -0.111. The minimum absolute atomic E-state index is 0.158. The first kappa shape index (κ1) is 18.0. The predicted octanol–water partition coefficient (Wildman–Crippen LogP) is 3.30. The van der Waals surface area contributed by atoms with E-state index in [-0.39, 0.29) is 12.5 Å². The number of anilines is 1. The predicted molar refractivity (Wildman–Crippen MR) is 111 cm³/mol. The largest absolute Gasteiger partial charge is 0.366 e. The van der Waals surface area contributed by atoms with Crippen LogP contribution in [0.25, 0.3) is 22.0 Å². The van der Waals surface area contributed by atoms with Crippen molar-refractivity contribution in [1.29, 1.82) is 0 Å². The number of nitrogens with one attached hydrogen (secondary N) is 2. The van der Waals surface area contributed by atoms with Crippen molar-refractivity contribution in [2.45, 2.75) is 19.4 Å². The zero-order chi connectivity index (χ0) is 19.7. The minimum Gasteiger partial charge on any atom is -0.366 e. The van der Waals surface area contributed by atoms with Crippen LogP contribution in [-0.2, 0) is 11.3 Å². The van der Waals surface area contributed by atoms with Crippen molar-refractivity contribution in [3.05, 3.63) is 65.9 Å². The van der Waals surface area contributed by atoms with Gasteiger partial charge in [0.1, 0.15) is 0 Å². The van der Waals surface area contributed by atoms with E-state index in [1.54, 1.807) is 18.3 Å². The monoisotopic (exact) mass is 374 g/mol. The molecule has 6 heteroatoms. The van der Waals surface area contributed by atoms with E-state index in [0.717, 1.165) is 34.9 Å². The molecule has 28 heavy (non-hydrogen) atoms. The molecular weight excluding hydrogens is 352 g/mol. The first-order chi connectivity index (χ1) is 13.6. The van der Waals surface area contributed by atoms with Gasteiger partial charge in [-0.1, -0.05) is 24.3 Å². The van der Waals surface area contributed by atoms with Crippen LogP contribution < -0.4 is 16.8 Å². The Balaban J connectivity index is 1.75. The minimum atomic E-state index is -0.485. The Kier molecular flexibility index (Phi) is 4.71. The number of H-pyrrole nitrogens is 1. The van der Waals surface area contributed by atoms with Gasteiger partial charge in [-0.2, -0.15) is 0 Å². The van der Waals surface area contributed by atoms with Gasteiger partial charge in [0.05, 0.1) is 11.1 Å². The van der Waals surface area contributed by atoms with Crippen LogP contribution in [0, 0.1) is 5.92 Å². The molecule has 0 unspecified atom stereocenters. The van der Waals surface area contributed by atoms with Gasteiger partial charge < -0.3 is 21.8 Å². The highest BCUT2D eigenvalue weighted by molar-refractivity contribution is 6.09. The number of carbonyl (C=O) groups excluding carboxylic acids is 2. The third kappa shape index (κ3) is 3.42. The summed E-state index contributed by atoms with van der Waals surface area (Å²) in [5.74, 6) is -0.104. The van der Waals surface area contributed by atoms with Gasteiger partial charge in [-0.15, -0.1) is 0 Å². The summed E-state index contributed by atoms with van der Waals surface area (Å²) in [5, 5.41) is 3.82. The third-order valence-corrected chi connectivity index (χ3v) is 5.06. The van der Waals surface area contributed by atoms with Crippen LogP contribution in [0.15, 0.2) is 54.7 Å². The highest BCUT2D eigenvalue weighted by Gasteiger charge is 2.18. The molecule has 0 spiro atoms. The first-order valence-electron chi connectivity index (χ1n) is 9.30. The normalized spacial score (nSPS) is 13.9. The van der Waals surface area contributed by atoms with Crippen LogP contribution in [0.2, 0.25) is 0 Å². The summed E-state index contributed by atoms with van der Waals surface area (Å²) in [5.41, 5.74) is 16.0. The van der Waals surface area contributed by atoms with E-state index in [0.29, 0.717) is 22.7 Å². The molecular formula is C22H22N4O2. The van der Waals surface area contributed by atoms with Gasteiger partial charge in [0.2, 0.25) is 5.91 Å². The van der Waals surface area contributed by atoms with Crippen molar-refractivity contribution < 1.29 is 9.59 Å². The zero-order valence-electron chi connectivity index (χ0n) is 15.4. The molecule has 142 valence electrons. The number of amides is 2. The molecule has 1 heterocycles. The molecule has 3 aromatic rings. The van der Waals surface area contributed by atoms with Crippen molar-refractivity contribution in [2.24, 2.45) is 17.4 Å². The second-order valence-corrected chi connectivity index (χ2v) is 7.01. The average Bonchev–Trinajstić information content (AvgIpc) is 3.39. The number of benzene rings is 2. The molecule has 4 rings (SSSR count). The number of allylic oxidation sites excluding steroid dienone is 1. The third-order valence-electron chi connectivity index (χ3n) is 5.06. The highest BCUT2D eigenvalue weighted by atomic mass is 16.1. The summed E-state index contributed by atoms with van der Waals surface area (Å²) >= 11 is 0. The summed E-state index contributed by atoms with van der Waals surface area (Å²) in [6, 6.07) is 11.2. The first-order valence-corrected chi connectivity index (χ1v) is 9.30. The van der Waals surface area contributed by atoms with Crippen LogP contribution in [0.3, 0.4) is 0 Å². The maximum absolute atomic E-state index is 12.3. The van der Waals surface area contributed by atoms with E-state index in [9.17, 15) is 9.59 Å². The van der Waals surface area contributed by atoms with E-state index >= 15 is 0 Å². The van der Waals surface area contributed by atoms with Gasteiger partial charge in [0.25, 0.3) is 5.91 Å². The molecule has 0 saturated heterocycles. The second-order valence-electron chi connectivity index (χ2n) is 7.01. The van der Waals surface area contributed by atoms with Gasteiger partial charge in [0.15, 0.2) is 0 Å². The number of nitrogens with two attached hydrogens (primary N) is 2. The maximum Gasteiger partial charge on any atom is 0.250 e. The van der Waals surface area contributed by atoms with E-state index in [4.69, 9.17) is 11.5 Å². The van der Waals surface area contributed by atoms with Crippen LogP contribution in [0.5, 0.6) is 0 Å². The number of primary amides is 1. The van der Waals surface area contributed by atoms with Crippen molar-refractivity contribution >= 4 is 28.4 Å². The molecule has 1 saturated carbocycles. The fourth-order valence-corrected chi connectivity index (χ4v) is 3.46. The molecule has 6 N–H and O–H groups in total. The van der Waals surface area contributed by atoms with Gasteiger partial charge in [-0.05, 0) is 59.7 Å². The second kappa shape index (κ2) is 7.32. The molecule has 0 atom stereocenters. The molecule has 1 aliphatic rings. The van der Waals surface area contributed by atoms with Crippen molar-refractivity contribution in [3.8, 4) is 11.1 Å². The van der Waals surface area contributed by atoms with Crippen molar-refractivity contribution in [3.63, 3.8) is 0 Å². The summed E-state index contributed by atoms with van der Waals surface area (Å²) in [4.78, 5) is 27.0. The lowest BCUT2D eigenvalue weighted by Gasteiger charge is -2.15. The van der Waals surface area contributed by atoms with E-state index < -0.39 is 5.91 Å². The van der Waals surface area contributed by atoms with Crippen LogP contribution >= 0.6 is 0 Å². The number of aromatic nitrogens is 1. The molecule has 1 aromatic heterocycles. The van der Waals surface area contributed by atoms with Gasteiger partial charge in [-0.25, -0.2) is 0 Å². The fraction of sp³-hybridized carbons (Fsp3) is 0.182. The van der Waals surface area contributed by atoms with Gasteiger partial charge in [0, 0.05) is 23.8 Å². The highest BCUT2D eigenvalue weighted by Crippen LogP contribution is 2.35. The smallest absolute Gasteiger partial charge is 0.250 e. The molecule has 1 fully saturated rings. The number of carbonyl (C=O) groups is 2. The van der Waals surface area contributed by atoms with E-state index in [1.807, 2.05) is 36.4 Å². The van der Waals surface area contributed by atoms with E-state index in [2.05, 4.69) is 10.3 Å². The molecule has 6 nitrogen and oxygen atoms in total. The number of hydrogen-bond donors (Lipinski definition) is 4. The van der Waals surface area contributed by atoms with E-state index in [1.165, 1.54) is 0 Å². The Morgan fingerprint density at radius 3 is 2.68 bits per heavy atom. The molecule has 0 bridgehead atoms. The lowest BCUT2D eigenvalue weighted by atomic mass is 9.94. The Hall–Kier alpha value is -3.38. The maximum atomic E-state index is 12.3. The summed E-state index contributed by atoms with van der Waals surface area (Å²) in [7, 11) is 0. The molecule has 2 aromatic carbocycles. The Morgan fingerprint density at radius 2 is 1.96 bits per heavy atom. The molecule has 2 amide bonds. The van der Waals surface area contributed by atoms with Crippen molar-refractivity contribution in [1.82, 2.24) is 4.98 Å². The number of aromatic amines is 1. The SMILES string of the molecule is NCc1c(NC(=O)/C=C/C2CC2)cccc1-c1ccc(C(N)=O)c2[nH]ccc12. The Labute approximate surface area is 162 Å². The summed E-state index contributed by atoms with van der Waals surface area (Å²) < 4.78 is 0. The van der Waals surface area contributed by atoms with Crippen LogP contribution in [0.1, 0.15) is 28.8 Å². The number of fused-ring (bicyclic) bond motifs is 1. The van der Waals surface area contributed by atoms with Crippen molar-refractivity contribution in [2.75, 3.05) is 5.32 Å². The number of rotatable bonds is 6. The van der Waals surface area contributed by atoms with Gasteiger partial charge in [-0.3, -0.25) is 9.59 Å². The standard InChI is InChI=1S/C22H22N4O2/c23-12-18-14(2-1-3-19(18)26-20(27)9-6-13-4-5-13)15-7-8-17(22(24)28)21-16(15)10-11-25-21/h1-3,6-11,13,25H,4-5,12,23H2,(H2,24,28)(H,26,27)/b9-6+. The Morgan fingerprint density at radius 1 is 1.14 bits per heavy atom. The molecule has 0 aliphatic heterocycles. The zero-order valence-corrected chi connectivity index (χ0v) is 15.4. The fourth-order valence-electron chi connectivity index (χ4n) is 3.46. The summed E-state index contributed by atoms with van der Waals surface area (Å²) in [6.45, 7) is 0.265. The lowest BCUT2D eigenvalue weighted by Crippen LogP contribution is -2.13. The van der Waals surface area contributed by atoms with Crippen LogP contribution in [-0.4, -0.2) is 16.8 Å². The molecule has 0 radical (unpaired) electrons. The summed E-state index contributed by atoms with van der Waals surface area (Å²) in [6.07, 6.45) is 7.63. The van der Waals surface area contributed by atoms with Crippen LogP contribution in [0.4, 0.5) is 5.69 Å². The number of hydrogen-bond acceptors (Lipinski definition) is 3. The Bertz CT molecular complexity index is 1090. The van der Waals surface area contributed by atoms with Gasteiger partial charge >= 0.3 is 0 Å². The quantitative estimate of drug-likeness (QED) is 0.496.